The topological polar surface area (TPSA) is 38.9 Å². The molecule has 0 spiro atoms. The van der Waals surface area contributed by atoms with Crippen LogP contribution in [0.25, 0.3) is 0 Å². The molecule has 1 aromatic rings. The maximum atomic E-state index is 6.12. The van der Waals surface area contributed by atoms with Gasteiger partial charge in [0.1, 0.15) is 0 Å². The van der Waals surface area contributed by atoms with Crippen LogP contribution in [-0.4, -0.2) is 10.5 Å². The molecule has 15 heavy (non-hydrogen) atoms. The van der Waals surface area contributed by atoms with E-state index in [2.05, 4.69) is 11.2 Å². The molecule has 1 saturated carbocycles. The number of nitrogens with zero attached hydrogens (tertiary/aromatic N) is 1. The molecule has 0 bridgehead atoms. The summed E-state index contributed by atoms with van der Waals surface area (Å²) < 4.78 is 0. The van der Waals surface area contributed by atoms with Gasteiger partial charge in [-0.1, -0.05) is 0 Å². The second-order valence-electron chi connectivity index (χ2n) is 5.15. The lowest BCUT2D eigenvalue weighted by Crippen LogP contribution is -2.22. The highest BCUT2D eigenvalue weighted by Crippen LogP contribution is 2.37. The summed E-state index contributed by atoms with van der Waals surface area (Å²) >= 11 is 0. The van der Waals surface area contributed by atoms with Crippen LogP contribution in [-0.2, 0) is 19.3 Å². The van der Waals surface area contributed by atoms with E-state index in [1.165, 1.54) is 43.2 Å². The summed E-state index contributed by atoms with van der Waals surface area (Å²) in [6.45, 7) is 0. The Morgan fingerprint density at radius 1 is 1.27 bits per heavy atom. The van der Waals surface area contributed by atoms with Crippen LogP contribution in [0.4, 0.5) is 0 Å². The lowest BCUT2D eigenvalue weighted by molar-refractivity contribution is 0.606. The molecule has 2 aliphatic rings. The number of pyridine rings is 1. The van der Waals surface area contributed by atoms with Gasteiger partial charge in [-0.25, -0.2) is 0 Å². The minimum Gasteiger partial charge on any atom is -0.325 e. The van der Waals surface area contributed by atoms with E-state index in [1.807, 2.05) is 6.20 Å². The maximum absolute atomic E-state index is 6.12. The van der Waals surface area contributed by atoms with Crippen LogP contribution in [0, 0.1) is 0 Å². The molecule has 0 aliphatic heterocycles. The number of hydrogen-bond donors (Lipinski definition) is 1. The van der Waals surface area contributed by atoms with Crippen LogP contribution < -0.4 is 5.73 Å². The minimum absolute atomic E-state index is 0.182. The van der Waals surface area contributed by atoms with Gasteiger partial charge in [0, 0.05) is 17.9 Å². The molecule has 2 heteroatoms. The SMILES string of the molecule is NC1(CCc2cncc3c2CCC3)CC1. The Hall–Kier alpha value is -0.890. The third-order valence-electron chi connectivity index (χ3n) is 3.89. The lowest BCUT2D eigenvalue weighted by Gasteiger charge is -2.11. The second-order valence-corrected chi connectivity index (χ2v) is 5.15. The predicted molar refractivity (Wildman–Crippen MR) is 60.7 cm³/mol. The van der Waals surface area contributed by atoms with Crippen molar-refractivity contribution in [2.75, 3.05) is 0 Å². The number of nitrogens with two attached hydrogens (primary N) is 1. The third kappa shape index (κ3) is 1.78. The first-order valence-corrected chi connectivity index (χ1v) is 6.00. The van der Waals surface area contributed by atoms with E-state index in [-0.39, 0.29) is 5.54 Å². The Balaban J connectivity index is 1.77. The van der Waals surface area contributed by atoms with Gasteiger partial charge in [-0.3, -0.25) is 4.98 Å². The average Bonchev–Trinajstić information content (AvgIpc) is 2.80. The summed E-state index contributed by atoms with van der Waals surface area (Å²) in [5, 5.41) is 0. The molecule has 2 N–H and O–H groups in total. The first-order chi connectivity index (χ1) is 7.27. The van der Waals surface area contributed by atoms with Gasteiger partial charge in [0.2, 0.25) is 0 Å². The van der Waals surface area contributed by atoms with Crippen LogP contribution in [0.15, 0.2) is 12.4 Å². The van der Waals surface area contributed by atoms with Crippen molar-refractivity contribution in [1.29, 1.82) is 0 Å². The molecule has 2 nitrogen and oxygen atoms in total. The van der Waals surface area contributed by atoms with Crippen molar-refractivity contribution in [3.8, 4) is 0 Å². The Morgan fingerprint density at radius 3 is 2.93 bits per heavy atom. The fourth-order valence-corrected chi connectivity index (χ4v) is 2.58. The molecular formula is C13H18N2. The molecule has 3 rings (SSSR count). The normalized spacial score (nSPS) is 21.4. The van der Waals surface area contributed by atoms with E-state index in [4.69, 9.17) is 5.73 Å². The van der Waals surface area contributed by atoms with Gasteiger partial charge in [0.25, 0.3) is 0 Å². The summed E-state index contributed by atoms with van der Waals surface area (Å²) in [4.78, 5) is 4.34. The fraction of sp³-hybridized carbons (Fsp3) is 0.615. The van der Waals surface area contributed by atoms with Gasteiger partial charge >= 0.3 is 0 Å². The Kier molecular flexibility index (Phi) is 2.06. The van der Waals surface area contributed by atoms with Crippen LogP contribution >= 0.6 is 0 Å². The highest BCUT2D eigenvalue weighted by molar-refractivity contribution is 5.35. The zero-order chi connectivity index (χ0) is 10.3. The lowest BCUT2D eigenvalue weighted by atomic mass is 9.99. The molecule has 0 unspecified atom stereocenters. The third-order valence-corrected chi connectivity index (χ3v) is 3.89. The zero-order valence-electron chi connectivity index (χ0n) is 9.13. The highest BCUT2D eigenvalue weighted by Gasteiger charge is 2.37. The average molecular weight is 202 g/mol. The Labute approximate surface area is 90.9 Å². The summed E-state index contributed by atoms with van der Waals surface area (Å²) in [5.74, 6) is 0. The van der Waals surface area contributed by atoms with Gasteiger partial charge < -0.3 is 5.73 Å². The van der Waals surface area contributed by atoms with Crippen molar-refractivity contribution in [1.82, 2.24) is 4.98 Å². The largest absolute Gasteiger partial charge is 0.325 e. The molecule has 1 fully saturated rings. The van der Waals surface area contributed by atoms with Crippen LogP contribution in [0.5, 0.6) is 0 Å². The maximum Gasteiger partial charge on any atom is 0.0302 e. The van der Waals surface area contributed by atoms with E-state index >= 15 is 0 Å². The molecule has 2 aliphatic carbocycles. The van der Waals surface area contributed by atoms with Crippen LogP contribution in [0.2, 0.25) is 0 Å². The summed E-state index contributed by atoms with van der Waals surface area (Å²) in [7, 11) is 0. The smallest absolute Gasteiger partial charge is 0.0302 e. The van der Waals surface area contributed by atoms with Crippen LogP contribution in [0.1, 0.15) is 42.4 Å². The Morgan fingerprint density at radius 2 is 2.13 bits per heavy atom. The molecule has 0 saturated heterocycles. The molecular weight excluding hydrogens is 184 g/mol. The first kappa shape index (κ1) is 9.34. The van der Waals surface area contributed by atoms with E-state index < -0.39 is 0 Å². The first-order valence-electron chi connectivity index (χ1n) is 6.00. The molecule has 0 radical (unpaired) electrons. The minimum atomic E-state index is 0.182. The standard InChI is InChI=1S/C13H18N2/c14-13(6-7-13)5-4-11-9-15-8-10-2-1-3-12(10)11/h8-9H,1-7,14H2. The zero-order valence-corrected chi connectivity index (χ0v) is 9.13. The second kappa shape index (κ2) is 3.31. The number of fused-ring (bicyclic) bond motifs is 1. The van der Waals surface area contributed by atoms with Gasteiger partial charge in [-0.15, -0.1) is 0 Å². The van der Waals surface area contributed by atoms with Crippen molar-refractivity contribution < 1.29 is 0 Å². The number of aromatic nitrogens is 1. The summed E-state index contributed by atoms with van der Waals surface area (Å²) in [5.41, 5.74) is 10.8. The molecule has 0 amide bonds. The van der Waals surface area contributed by atoms with E-state index in [0.717, 1.165) is 12.8 Å². The molecule has 1 aromatic heterocycles. The molecule has 1 heterocycles. The predicted octanol–water partition coefficient (Wildman–Crippen LogP) is 1.99. The van der Waals surface area contributed by atoms with Gasteiger partial charge in [-0.2, -0.15) is 0 Å². The van der Waals surface area contributed by atoms with Crippen molar-refractivity contribution in [3.05, 3.63) is 29.1 Å². The fourth-order valence-electron chi connectivity index (χ4n) is 2.58. The van der Waals surface area contributed by atoms with Crippen molar-refractivity contribution in [2.24, 2.45) is 5.73 Å². The van der Waals surface area contributed by atoms with Crippen molar-refractivity contribution in [2.45, 2.75) is 50.5 Å². The number of aryl methyl sites for hydroxylation is 2. The summed E-state index contributed by atoms with van der Waals surface area (Å²) in [6.07, 6.45) is 12.6. The van der Waals surface area contributed by atoms with E-state index in [1.54, 1.807) is 5.56 Å². The molecule has 80 valence electrons. The quantitative estimate of drug-likeness (QED) is 0.814. The molecule has 0 atom stereocenters. The summed E-state index contributed by atoms with van der Waals surface area (Å²) in [6, 6.07) is 0. The molecule has 0 aromatic carbocycles. The van der Waals surface area contributed by atoms with E-state index in [0.29, 0.717) is 0 Å². The van der Waals surface area contributed by atoms with Gasteiger partial charge in [0.05, 0.1) is 0 Å². The van der Waals surface area contributed by atoms with Crippen molar-refractivity contribution >= 4 is 0 Å². The van der Waals surface area contributed by atoms with Crippen molar-refractivity contribution in [3.63, 3.8) is 0 Å². The monoisotopic (exact) mass is 202 g/mol. The number of rotatable bonds is 3. The highest BCUT2D eigenvalue weighted by atomic mass is 14.8. The van der Waals surface area contributed by atoms with E-state index in [9.17, 15) is 0 Å². The van der Waals surface area contributed by atoms with Crippen LogP contribution in [0.3, 0.4) is 0 Å². The number of hydrogen-bond acceptors (Lipinski definition) is 2. The Bertz CT molecular complexity index is 380. The van der Waals surface area contributed by atoms with Gasteiger partial charge in [-0.05, 0) is 61.6 Å². The van der Waals surface area contributed by atoms with Gasteiger partial charge in [0.15, 0.2) is 0 Å².